The Bertz CT molecular complexity index is 511. The summed E-state index contributed by atoms with van der Waals surface area (Å²) in [5.41, 5.74) is 0. The monoisotopic (exact) mass is 343 g/mol. The molecule has 0 aromatic carbocycles. The van der Waals surface area contributed by atoms with E-state index in [0.29, 0.717) is 23.2 Å². The molecule has 20 heavy (non-hydrogen) atoms. The predicted octanol–water partition coefficient (Wildman–Crippen LogP) is 3.06. The van der Waals surface area contributed by atoms with Gasteiger partial charge in [0.2, 0.25) is 5.91 Å². The number of carboxylic acid groups (broad SMARTS) is 1. The van der Waals surface area contributed by atoms with E-state index >= 15 is 0 Å². The summed E-state index contributed by atoms with van der Waals surface area (Å²) in [6.45, 7) is 4.54. The highest BCUT2D eigenvalue weighted by Gasteiger charge is 2.43. The molecule has 1 aliphatic rings. The van der Waals surface area contributed by atoms with Crippen LogP contribution in [0.2, 0.25) is 0 Å². The number of halogens is 1. The molecular weight excluding hydrogens is 326 g/mol. The zero-order valence-electron chi connectivity index (χ0n) is 11.5. The number of carbonyl (C=O) groups is 2. The second-order valence-electron chi connectivity index (χ2n) is 5.50. The number of amides is 1. The fraction of sp³-hybridized carbons (Fsp3) is 0.571. The van der Waals surface area contributed by atoms with Crippen LogP contribution in [-0.2, 0) is 9.59 Å². The van der Waals surface area contributed by atoms with Crippen LogP contribution in [-0.4, -0.2) is 28.4 Å². The average Bonchev–Trinajstić information content (AvgIpc) is 2.77. The molecule has 0 saturated carbocycles. The van der Waals surface area contributed by atoms with E-state index in [1.807, 2.05) is 13.8 Å². The molecule has 110 valence electrons. The van der Waals surface area contributed by atoms with E-state index in [2.05, 4.69) is 15.9 Å². The van der Waals surface area contributed by atoms with Crippen molar-refractivity contribution in [3.8, 4) is 0 Å². The van der Waals surface area contributed by atoms with Crippen molar-refractivity contribution in [3.63, 3.8) is 0 Å². The van der Waals surface area contributed by atoms with Crippen LogP contribution in [0.3, 0.4) is 0 Å². The summed E-state index contributed by atoms with van der Waals surface area (Å²) in [4.78, 5) is 25.4. The van der Waals surface area contributed by atoms with Crippen LogP contribution in [0.4, 0.5) is 0 Å². The van der Waals surface area contributed by atoms with Gasteiger partial charge in [-0.05, 0) is 34.3 Å². The predicted molar refractivity (Wildman–Crippen MR) is 76.1 cm³/mol. The van der Waals surface area contributed by atoms with E-state index < -0.39 is 17.9 Å². The highest BCUT2D eigenvalue weighted by atomic mass is 79.9. The number of carboxylic acids is 1. The molecule has 0 spiro atoms. The van der Waals surface area contributed by atoms with Gasteiger partial charge in [0.05, 0.1) is 16.7 Å². The second-order valence-corrected chi connectivity index (χ2v) is 6.36. The van der Waals surface area contributed by atoms with Gasteiger partial charge in [0.25, 0.3) is 0 Å². The number of hydrogen-bond donors (Lipinski definition) is 1. The Labute approximate surface area is 126 Å². The van der Waals surface area contributed by atoms with Crippen LogP contribution >= 0.6 is 15.9 Å². The summed E-state index contributed by atoms with van der Waals surface area (Å²) >= 11 is 3.37. The summed E-state index contributed by atoms with van der Waals surface area (Å²) < 4.78 is 6.15. The topological polar surface area (TPSA) is 70.8 Å². The molecular formula is C14H18BrNO4. The molecule has 6 heteroatoms. The lowest BCUT2D eigenvalue weighted by molar-refractivity contribution is -0.153. The Morgan fingerprint density at radius 2 is 2.30 bits per heavy atom. The maximum absolute atomic E-state index is 12.2. The lowest BCUT2D eigenvalue weighted by Crippen LogP contribution is -2.46. The summed E-state index contributed by atoms with van der Waals surface area (Å²) in [6, 6.07) is 1.18. The molecule has 2 rings (SSSR count). The number of likely N-dealkylation sites (tertiary alicyclic amines) is 1. The number of aliphatic carboxylic acids is 1. The first-order valence-electron chi connectivity index (χ1n) is 6.67. The highest BCUT2D eigenvalue weighted by molar-refractivity contribution is 9.10. The third-order valence-electron chi connectivity index (χ3n) is 3.50. The quantitative estimate of drug-likeness (QED) is 0.911. The minimum Gasteiger partial charge on any atom is -0.481 e. The van der Waals surface area contributed by atoms with Crippen molar-refractivity contribution >= 4 is 27.8 Å². The van der Waals surface area contributed by atoms with Crippen molar-refractivity contribution in [3.05, 3.63) is 22.6 Å². The van der Waals surface area contributed by atoms with Gasteiger partial charge in [0.1, 0.15) is 11.8 Å². The number of furan rings is 1. The van der Waals surface area contributed by atoms with Gasteiger partial charge in [-0.3, -0.25) is 9.59 Å². The minimum absolute atomic E-state index is 0.00972. The van der Waals surface area contributed by atoms with Crippen LogP contribution in [0, 0.1) is 11.8 Å². The van der Waals surface area contributed by atoms with E-state index in [0.717, 1.165) is 0 Å². The van der Waals surface area contributed by atoms with Crippen LogP contribution in [0.1, 0.15) is 38.5 Å². The van der Waals surface area contributed by atoms with Gasteiger partial charge in [-0.25, -0.2) is 0 Å². The molecule has 1 amide bonds. The maximum atomic E-state index is 12.2. The average molecular weight is 344 g/mol. The lowest BCUT2D eigenvalue weighted by Gasteiger charge is -2.39. The molecule has 1 saturated heterocycles. The lowest BCUT2D eigenvalue weighted by atomic mass is 9.86. The Kier molecular flexibility index (Phi) is 4.52. The van der Waals surface area contributed by atoms with E-state index in [9.17, 15) is 14.7 Å². The number of rotatable bonds is 4. The second kappa shape index (κ2) is 5.99. The number of piperidine rings is 1. The molecule has 1 N–H and O–H groups in total. The molecule has 1 aromatic heterocycles. The Hall–Kier alpha value is -1.30. The highest BCUT2D eigenvalue weighted by Crippen LogP contribution is 2.40. The molecule has 1 aromatic rings. The Morgan fingerprint density at radius 3 is 2.80 bits per heavy atom. The SMILES string of the molecule is CC(C)CN1C(=O)CCC(C(=O)O)C1c1occc1Br. The number of hydrogen-bond acceptors (Lipinski definition) is 3. The van der Waals surface area contributed by atoms with Crippen molar-refractivity contribution in [2.45, 2.75) is 32.7 Å². The van der Waals surface area contributed by atoms with Crippen LogP contribution < -0.4 is 0 Å². The summed E-state index contributed by atoms with van der Waals surface area (Å²) in [7, 11) is 0. The molecule has 1 fully saturated rings. The molecule has 2 unspecified atom stereocenters. The van der Waals surface area contributed by atoms with Crippen molar-refractivity contribution in [2.24, 2.45) is 11.8 Å². The van der Waals surface area contributed by atoms with Crippen molar-refractivity contribution in [1.82, 2.24) is 4.90 Å². The van der Waals surface area contributed by atoms with Crippen molar-refractivity contribution in [1.29, 1.82) is 0 Å². The first-order chi connectivity index (χ1) is 9.41. The van der Waals surface area contributed by atoms with Gasteiger partial charge in [-0.2, -0.15) is 0 Å². The fourth-order valence-corrected chi connectivity index (χ4v) is 3.10. The first-order valence-corrected chi connectivity index (χ1v) is 7.46. The zero-order valence-corrected chi connectivity index (χ0v) is 13.1. The third-order valence-corrected chi connectivity index (χ3v) is 4.15. The maximum Gasteiger partial charge on any atom is 0.309 e. The van der Waals surface area contributed by atoms with Gasteiger partial charge in [-0.1, -0.05) is 13.8 Å². The van der Waals surface area contributed by atoms with Crippen LogP contribution in [0.25, 0.3) is 0 Å². The molecule has 1 aliphatic heterocycles. The molecule has 2 atom stereocenters. The van der Waals surface area contributed by atoms with Crippen LogP contribution in [0.15, 0.2) is 21.2 Å². The molecule has 0 bridgehead atoms. The summed E-state index contributed by atoms with van der Waals surface area (Å²) in [5, 5.41) is 9.44. The van der Waals surface area contributed by atoms with Crippen LogP contribution in [0.5, 0.6) is 0 Å². The first kappa shape index (κ1) is 15.1. The largest absolute Gasteiger partial charge is 0.481 e. The molecule has 5 nitrogen and oxygen atoms in total. The molecule has 0 radical (unpaired) electrons. The van der Waals surface area contributed by atoms with Crippen molar-refractivity contribution in [2.75, 3.05) is 6.54 Å². The van der Waals surface area contributed by atoms with Gasteiger partial charge in [0, 0.05) is 13.0 Å². The number of carbonyl (C=O) groups excluding carboxylic acids is 1. The summed E-state index contributed by atoms with van der Waals surface area (Å²) in [6.07, 6.45) is 2.13. The molecule has 0 aliphatic carbocycles. The van der Waals surface area contributed by atoms with Gasteiger partial charge < -0.3 is 14.4 Å². The number of nitrogens with zero attached hydrogens (tertiary/aromatic N) is 1. The zero-order chi connectivity index (χ0) is 14.9. The van der Waals surface area contributed by atoms with E-state index in [1.165, 1.54) is 6.26 Å². The Balaban J connectivity index is 2.41. The minimum atomic E-state index is -0.889. The van der Waals surface area contributed by atoms with Crippen molar-refractivity contribution < 1.29 is 19.1 Å². The van der Waals surface area contributed by atoms with E-state index in [4.69, 9.17) is 4.42 Å². The van der Waals surface area contributed by atoms with Gasteiger partial charge >= 0.3 is 5.97 Å². The van der Waals surface area contributed by atoms with E-state index in [-0.39, 0.29) is 18.2 Å². The smallest absolute Gasteiger partial charge is 0.309 e. The normalized spacial score (nSPS) is 23.4. The molecule has 2 heterocycles. The van der Waals surface area contributed by atoms with Gasteiger partial charge in [-0.15, -0.1) is 0 Å². The Morgan fingerprint density at radius 1 is 1.60 bits per heavy atom. The standard InChI is InChI=1S/C14H18BrNO4/c1-8(2)7-16-11(17)4-3-9(14(18)19)12(16)13-10(15)5-6-20-13/h5-6,8-9,12H,3-4,7H2,1-2H3,(H,18,19). The summed E-state index contributed by atoms with van der Waals surface area (Å²) in [5.74, 6) is -0.744. The fourth-order valence-electron chi connectivity index (χ4n) is 2.66. The van der Waals surface area contributed by atoms with E-state index in [1.54, 1.807) is 11.0 Å². The van der Waals surface area contributed by atoms with Gasteiger partial charge in [0.15, 0.2) is 0 Å². The third kappa shape index (κ3) is 2.90.